The van der Waals surface area contributed by atoms with Crippen molar-refractivity contribution in [3.05, 3.63) is 76.5 Å². The second-order valence-corrected chi connectivity index (χ2v) is 8.76. The van der Waals surface area contributed by atoms with Crippen molar-refractivity contribution in [3.8, 4) is 0 Å². The van der Waals surface area contributed by atoms with Gasteiger partial charge in [0.2, 0.25) is 5.91 Å². The fourth-order valence-corrected chi connectivity index (χ4v) is 4.63. The third-order valence-electron chi connectivity index (χ3n) is 5.63. The lowest BCUT2D eigenvalue weighted by Gasteiger charge is -2.31. The number of nitrogens with zero attached hydrogens (tertiary/aromatic N) is 2. The lowest BCUT2D eigenvalue weighted by Crippen LogP contribution is -2.45. The Labute approximate surface area is 205 Å². The van der Waals surface area contributed by atoms with Gasteiger partial charge in [0.15, 0.2) is 5.69 Å². The first-order valence-corrected chi connectivity index (χ1v) is 11.7. The normalized spacial score (nSPS) is 16.0. The Kier molecular flexibility index (Phi) is 7.37. The molecule has 9 nitrogen and oxygen atoms in total. The van der Waals surface area contributed by atoms with Gasteiger partial charge in [-0.1, -0.05) is 30.3 Å². The van der Waals surface area contributed by atoms with Gasteiger partial charge in [-0.05, 0) is 54.2 Å². The maximum absolute atomic E-state index is 13.8. The summed E-state index contributed by atoms with van der Waals surface area (Å²) in [6.07, 6.45) is 1.60. The molecule has 0 unspecified atom stereocenters. The molecule has 2 aromatic carbocycles. The Morgan fingerprint density at radius 3 is 2.49 bits per heavy atom. The van der Waals surface area contributed by atoms with Gasteiger partial charge in [0.25, 0.3) is 11.8 Å². The number of ether oxygens (including phenoxy) is 1. The van der Waals surface area contributed by atoms with Gasteiger partial charge in [0.05, 0.1) is 11.8 Å². The SMILES string of the molecule is NC(=O)c1nsc(C(=O)N(c2ccccc2)[C@@H](C(=O)NC[C@@H]2CCCO2)c2ccc(F)cc2)c1N. The third-order valence-corrected chi connectivity index (χ3v) is 6.48. The molecule has 0 bridgehead atoms. The zero-order valence-corrected chi connectivity index (χ0v) is 19.5. The van der Waals surface area contributed by atoms with Crippen molar-refractivity contribution >= 4 is 40.6 Å². The highest BCUT2D eigenvalue weighted by Gasteiger charge is 2.36. The van der Waals surface area contributed by atoms with Crippen molar-refractivity contribution < 1.29 is 23.5 Å². The summed E-state index contributed by atoms with van der Waals surface area (Å²) in [4.78, 5) is 40.3. The van der Waals surface area contributed by atoms with Crippen molar-refractivity contribution in [1.29, 1.82) is 0 Å². The number of benzene rings is 2. The minimum atomic E-state index is -1.18. The van der Waals surface area contributed by atoms with E-state index in [0.29, 0.717) is 17.9 Å². The Morgan fingerprint density at radius 2 is 1.89 bits per heavy atom. The molecule has 3 amide bonds. The van der Waals surface area contributed by atoms with E-state index in [0.717, 1.165) is 24.4 Å². The zero-order valence-electron chi connectivity index (χ0n) is 18.6. The van der Waals surface area contributed by atoms with Gasteiger partial charge >= 0.3 is 0 Å². The number of para-hydroxylation sites is 1. The molecule has 0 saturated carbocycles. The van der Waals surface area contributed by atoms with Crippen LogP contribution in [0.1, 0.15) is 44.6 Å². The lowest BCUT2D eigenvalue weighted by molar-refractivity contribution is -0.123. The number of carbonyl (C=O) groups excluding carboxylic acids is 3. The number of halogens is 1. The molecular weight excluding hydrogens is 473 g/mol. The molecule has 4 rings (SSSR count). The van der Waals surface area contributed by atoms with Crippen LogP contribution < -0.4 is 21.7 Å². The van der Waals surface area contributed by atoms with E-state index >= 15 is 0 Å². The van der Waals surface area contributed by atoms with Crippen LogP contribution in [0.2, 0.25) is 0 Å². The van der Waals surface area contributed by atoms with E-state index in [4.69, 9.17) is 16.2 Å². The van der Waals surface area contributed by atoms with Gasteiger partial charge in [-0.15, -0.1) is 0 Å². The summed E-state index contributed by atoms with van der Waals surface area (Å²) in [6, 6.07) is 12.7. The molecule has 3 aromatic rings. The fraction of sp³-hybridized carbons (Fsp3) is 0.250. The average molecular weight is 498 g/mol. The monoisotopic (exact) mass is 497 g/mol. The molecule has 1 aliphatic heterocycles. The molecular formula is C24H24FN5O4S. The first kappa shape index (κ1) is 24.3. The standard InChI is InChI=1S/C24H24FN5O4S/c25-15-10-8-14(9-11-15)20(23(32)28-13-17-7-4-12-34-17)30(16-5-2-1-3-6-16)24(33)21-18(26)19(22(27)31)29-35-21/h1-3,5-6,8-11,17,20H,4,7,12-13,26H2,(H2,27,31)(H,28,32)/t17-,20+/m0/s1. The molecule has 1 aromatic heterocycles. The number of hydrogen-bond donors (Lipinski definition) is 3. The first-order chi connectivity index (χ1) is 16.9. The van der Waals surface area contributed by atoms with Gasteiger partial charge in [-0.25, -0.2) is 4.39 Å². The van der Waals surface area contributed by atoms with E-state index in [1.54, 1.807) is 30.3 Å². The van der Waals surface area contributed by atoms with Gasteiger partial charge in [0.1, 0.15) is 16.7 Å². The number of nitrogens with two attached hydrogens (primary N) is 2. The largest absolute Gasteiger partial charge is 0.395 e. The van der Waals surface area contributed by atoms with Crippen molar-refractivity contribution in [1.82, 2.24) is 9.69 Å². The molecule has 0 spiro atoms. The topological polar surface area (TPSA) is 141 Å². The zero-order chi connectivity index (χ0) is 24.9. The first-order valence-electron chi connectivity index (χ1n) is 10.9. The van der Waals surface area contributed by atoms with Crippen LogP contribution in [-0.4, -0.2) is 41.4 Å². The Hall–Kier alpha value is -3.83. The summed E-state index contributed by atoms with van der Waals surface area (Å²) in [5, 5.41) is 2.86. The summed E-state index contributed by atoms with van der Waals surface area (Å²) in [7, 11) is 0. The predicted octanol–water partition coefficient (Wildman–Crippen LogP) is 2.65. The molecule has 0 aliphatic carbocycles. The third kappa shape index (κ3) is 5.31. The Morgan fingerprint density at radius 1 is 1.17 bits per heavy atom. The minimum Gasteiger partial charge on any atom is -0.395 e. The van der Waals surface area contributed by atoms with E-state index < -0.39 is 29.6 Å². The lowest BCUT2D eigenvalue weighted by atomic mass is 10.0. The minimum absolute atomic E-state index is 0.0401. The van der Waals surface area contributed by atoms with Crippen LogP contribution >= 0.6 is 11.5 Å². The summed E-state index contributed by atoms with van der Waals surface area (Å²) < 4.78 is 23.2. The number of carbonyl (C=O) groups is 3. The molecule has 2 heterocycles. The van der Waals surface area contributed by atoms with Gasteiger partial charge in [0, 0.05) is 18.8 Å². The highest BCUT2D eigenvalue weighted by atomic mass is 32.1. The molecule has 1 fully saturated rings. The number of primary amides is 1. The van der Waals surface area contributed by atoms with Crippen LogP contribution in [0.4, 0.5) is 15.8 Å². The van der Waals surface area contributed by atoms with Crippen LogP contribution in [0.15, 0.2) is 54.6 Å². The Bertz CT molecular complexity index is 1210. The maximum Gasteiger partial charge on any atom is 0.273 e. The van der Waals surface area contributed by atoms with Crippen LogP contribution in [0, 0.1) is 5.82 Å². The summed E-state index contributed by atoms with van der Waals surface area (Å²) in [6.45, 7) is 0.894. The molecule has 2 atom stereocenters. The number of rotatable bonds is 8. The van der Waals surface area contributed by atoms with E-state index in [-0.39, 0.29) is 28.9 Å². The van der Waals surface area contributed by atoms with Crippen molar-refractivity contribution in [2.75, 3.05) is 23.8 Å². The second-order valence-electron chi connectivity index (χ2n) is 7.98. The van der Waals surface area contributed by atoms with E-state index in [1.807, 2.05) is 0 Å². The Balaban J connectivity index is 1.78. The fourth-order valence-electron chi connectivity index (χ4n) is 3.89. The molecule has 1 saturated heterocycles. The summed E-state index contributed by atoms with van der Waals surface area (Å²) in [5.74, 6) is -2.49. The summed E-state index contributed by atoms with van der Waals surface area (Å²) in [5.41, 5.74) is 11.7. The number of nitrogen functional groups attached to an aromatic ring is 1. The van der Waals surface area contributed by atoms with Crippen LogP contribution in [0.25, 0.3) is 0 Å². The number of aromatic nitrogens is 1. The number of hydrogen-bond acceptors (Lipinski definition) is 7. The smallest absolute Gasteiger partial charge is 0.273 e. The maximum atomic E-state index is 13.8. The number of nitrogens with one attached hydrogen (secondary N) is 1. The molecule has 182 valence electrons. The highest BCUT2D eigenvalue weighted by molar-refractivity contribution is 7.09. The van der Waals surface area contributed by atoms with Crippen LogP contribution in [0.3, 0.4) is 0 Å². The van der Waals surface area contributed by atoms with Gasteiger partial charge < -0.3 is 21.5 Å². The molecule has 5 N–H and O–H groups in total. The molecule has 11 heteroatoms. The quantitative estimate of drug-likeness (QED) is 0.437. The van der Waals surface area contributed by atoms with E-state index in [2.05, 4.69) is 9.69 Å². The number of anilines is 2. The van der Waals surface area contributed by atoms with Crippen molar-refractivity contribution in [2.24, 2.45) is 5.73 Å². The summed E-state index contributed by atoms with van der Waals surface area (Å²) >= 11 is 0.717. The van der Waals surface area contributed by atoms with E-state index in [1.165, 1.54) is 29.2 Å². The van der Waals surface area contributed by atoms with Gasteiger partial charge in [-0.3, -0.25) is 19.3 Å². The molecule has 0 radical (unpaired) electrons. The van der Waals surface area contributed by atoms with Gasteiger partial charge in [-0.2, -0.15) is 4.37 Å². The second kappa shape index (κ2) is 10.6. The van der Waals surface area contributed by atoms with Crippen LogP contribution in [-0.2, 0) is 9.53 Å². The van der Waals surface area contributed by atoms with Crippen LogP contribution in [0.5, 0.6) is 0 Å². The van der Waals surface area contributed by atoms with Crippen molar-refractivity contribution in [2.45, 2.75) is 25.0 Å². The number of amides is 3. The highest BCUT2D eigenvalue weighted by Crippen LogP contribution is 2.33. The molecule has 35 heavy (non-hydrogen) atoms. The van der Waals surface area contributed by atoms with Crippen molar-refractivity contribution in [3.63, 3.8) is 0 Å². The predicted molar refractivity (Wildman–Crippen MR) is 129 cm³/mol. The molecule has 1 aliphatic rings. The average Bonchev–Trinajstić information content (AvgIpc) is 3.51. The van der Waals surface area contributed by atoms with E-state index in [9.17, 15) is 18.8 Å².